The zero-order valence-electron chi connectivity index (χ0n) is 10.4. The summed E-state index contributed by atoms with van der Waals surface area (Å²) < 4.78 is 5.04. The Morgan fingerprint density at radius 2 is 2.50 bits per heavy atom. The van der Waals surface area contributed by atoms with Crippen molar-refractivity contribution in [2.24, 2.45) is 5.92 Å². The summed E-state index contributed by atoms with van der Waals surface area (Å²) in [5, 5.41) is 0. The van der Waals surface area contributed by atoms with Crippen molar-refractivity contribution < 1.29 is 9.53 Å². The molecule has 1 aromatic rings. The monoisotopic (exact) mass is 251 g/mol. The first-order chi connectivity index (χ1) is 8.70. The number of carbonyl (C=O) groups is 1. The van der Waals surface area contributed by atoms with Crippen LogP contribution >= 0.6 is 0 Å². The molecule has 1 N–H and O–H groups in total. The summed E-state index contributed by atoms with van der Waals surface area (Å²) in [5.74, 6) is 0.333. The molecule has 0 amide bonds. The van der Waals surface area contributed by atoms with Crippen molar-refractivity contribution in [3.8, 4) is 0 Å². The van der Waals surface area contributed by atoms with Crippen LogP contribution in [0.3, 0.4) is 0 Å². The third-order valence-corrected chi connectivity index (χ3v) is 3.03. The van der Waals surface area contributed by atoms with Gasteiger partial charge < -0.3 is 14.6 Å². The molecule has 18 heavy (non-hydrogen) atoms. The quantitative estimate of drug-likeness (QED) is 0.794. The zero-order valence-corrected chi connectivity index (χ0v) is 10.4. The maximum atomic E-state index is 11.7. The van der Waals surface area contributed by atoms with Crippen LogP contribution in [0.1, 0.15) is 19.8 Å². The van der Waals surface area contributed by atoms with Crippen LogP contribution in [0.15, 0.2) is 17.2 Å². The number of carbonyl (C=O) groups excluding carboxylic acids is 1. The summed E-state index contributed by atoms with van der Waals surface area (Å²) in [4.78, 5) is 31.5. The second-order valence-corrected chi connectivity index (χ2v) is 4.31. The predicted molar refractivity (Wildman–Crippen MR) is 66.4 cm³/mol. The van der Waals surface area contributed by atoms with Crippen molar-refractivity contribution in [1.29, 1.82) is 0 Å². The largest absolute Gasteiger partial charge is 0.466 e. The summed E-state index contributed by atoms with van der Waals surface area (Å²) in [6.07, 6.45) is 3.11. The molecular formula is C12H17N3O3. The predicted octanol–water partition coefficient (Wildman–Crippen LogP) is 0.549. The fourth-order valence-electron chi connectivity index (χ4n) is 2.17. The number of ether oxygens (including phenoxy) is 1. The Balaban J connectivity index is 2.07. The Hall–Kier alpha value is -1.85. The van der Waals surface area contributed by atoms with E-state index in [-0.39, 0.29) is 17.4 Å². The van der Waals surface area contributed by atoms with Gasteiger partial charge in [-0.15, -0.1) is 0 Å². The van der Waals surface area contributed by atoms with Gasteiger partial charge in [0, 0.05) is 19.2 Å². The van der Waals surface area contributed by atoms with Crippen LogP contribution in [0.2, 0.25) is 0 Å². The number of nitrogens with one attached hydrogen (secondary N) is 1. The molecule has 1 aliphatic heterocycles. The van der Waals surface area contributed by atoms with Crippen molar-refractivity contribution in [1.82, 2.24) is 9.97 Å². The minimum absolute atomic E-state index is 0.125. The molecule has 1 aromatic heterocycles. The van der Waals surface area contributed by atoms with E-state index in [0.717, 1.165) is 19.4 Å². The van der Waals surface area contributed by atoms with E-state index in [1.807, 2.05) is 4.90 Å². The highest BCUT2D eigenvalue weighted by Gasteiger charge is 2.27. The van der Waals surface area contributed by atoms with Crippen molar-refractivity contribution in [3.05, 3.63) is 22.7 Å². The lowest BCUT2D eigenvalue weighted by Crippen LogP contribution is -2.40. The van der Waals surface area contributed by atoms with E-state index in [0.29, 0.717) is 19.0 Å². The lowest BCUT2D eigenvalue weighted by atomic mass is 9.98. The highest BCUT2D eigenvalue weighted by atomic mass is 16.5. The van der Waals surface area contributed by atoms with Gasteiger partial charge in [-0.1, -0.05) is 0 Å². The van der Waals surface area contributed by atoms with Crippen LogP contribution in [0, 0.1) is 5.92 Å². The lowest BCUT2D eigenvalue weighted by molar-refractivity contribution is -0.148. The van der Waals surface area contributed by atoms with Gasteiger partial charge in [-0.3, -0.25) is 9.59 Å². The normalized spacial score (nSPS) is 19.6. The molecule has 0 aromatic carbocycles. The SMILES string of the molecule is CCOC(=O)C1CCCN(c2cc(=O)[nH]cn2)C1. The molecule has 2 rings (SSSR count). The fraction of sp³-hybridized carbons (Fsp3) is 0.583. The molecule has 6 nitrogen and oxygen atoms in total. The maximum absolute atomic E-state index is 11.7. The maximum Gasteiger partial charge on any atom is 0.310 e. The van der Waals surface area contributed by atoms with E-state index in [4.69, 9.17) is 4.74 Å². The Kier molecular flexibility index (Phi) is 3.96. The molecule has 0 bridgehead atoms. The van der Waals surface area contributed by atoms with Gasteiger partial charge >= 0.3 is 5.97 Å². The number of aromatic nitrogens is 2. The third kappa shape index (κ3) is 2.88. The second-order valence-electron chi connectivity index (χ2n) is 4.31. The topological polar surface area (TPSA) is 75.3 Å². The first-order valence-corrected chi connectivity index (χ1v) is 6.17. The highest BCUT2D eigenvalue weighted by Crippen LogP contribution is 2.21. The Labute approximate surface area is 105 Å². The van der Waals surface area contributed by atoms with Crippen LogP contribution in [-0.2, 0) is 9.53 Å². The second kappa shape index (κ2) is 5.66. The molecule has 1 saturated heterocycles. The molecule has 1 aliphatic rings. The summed E-state index contributed by atoms with van der Waals surface area (Å²) >= 11 is 0. The molecule has 1 unspecified atom stereocenters. The minimum atomic E-state index is -0.182. The number of rotatable bonds is 3. The number of esters is 1. The van der Waals surface area contributed by atoms with Crippen LogP contribution < -0.4 is 10.5 Å². The van der Waals surface area contributed by atoms with Gasteiger partial charge in [0.25, 0.3) is 5.56 Å². The number of aromatic amines is 1. The fourth-order valence-corrected chi connectivity index (χ4v) is 2.17. The lowest BCUT2D eigenvalue weighted by Gasteiger charge is -2.32. The van der Waals surface area contributed by atoms with Crippen molar-refractivity contribution in [2.45, 2.75) is 19.8 Å². The number of anilines is 1. The summed E-state index contributed by atoms with van der Waals surface area (Å²) in [6.45, 7) is 3.58. The van der Waals surface area contributed by atoms with Gasteiger partial charge in [0.05, 0.1) is 18.9 Å². The average Bonchev–Trinajstić information content (AvgIpc) is 2.39. The Morgan fingerprint density at radius 1 is 1.67 bits per heavy atom. The van der Waals surface area contributed by atoms with E-state index in [1.165, 1.54) is 12.4 Å². The molecule has 0 saturated carbocycles. The van der Waals surface area contributed by atoms with Gasteiger partial charge in [-0.05, 0) is 19.8 Å². The molecule has 6 heteroatoms. The molecular weight excluding hydrogens is 234 g/mol. The first-order valence-electron chi connectivity index (χ1n) is 6.17. The Morgan fingerprint density at radius 3 is 3.22 bits per heavy atom. The average molecular weight is 251 g/mol. The van der Waals surface area contributed by atoms with Crippen LogP contribution in [0.5, 0.6) is 0 Å². The Bertz CT molecular complexity index is 472. The first kappa shape index (κ1) is 12.6. The standard InChI is InChI=1S/C12H17N3O3/c1-2-18-12(17)9-4-3-5-15(7-9)10-6-11(16)14-8-13-10/h6,8-9H,2-5,7H2,1H3,(H,13,14,16). The van der Waals surface area contributed by atoms with Gasteiger partial charge in [-0.2, -0.15) is 0 Å². The third-order valence-electron chi connectivity index (χ3n) is 3.03. The number of hydrogen-bond acceptors (Lipinski definition) is 5. The van der Waals surface area contributed by atoms with E-state index in [9.17, 15) is 9.59 Å². The molecule has 2 heterocycles. The van der Waals surface area contributed by atoms with Gasteiger partial charge in [0.15, 0.2) is 0 Å². The summed E-state index contributed by atoms with van der Waals surface area (Å²) in [7, 11) is 0. The molecule has 1 fully saturated rings. The van der Waals surface area contributed by atoms with Gasteiger partial charge in [0.2, 0.25) is 0 Å². The van der Waals surface area contributed by atoms with E-state index < -0.39 is 0 Å². The van der Waals surface area contributed by atoms with Crippen LogP contribution in [-0.4, -0.2) is 35.6 Å². The zero-order chi connectivity index (χ0) is 13.0. The van der Waals surface area contributed by atoms with E-state index >= 15 is 0 Å². The van der Waals surface area contributed by atoms with Crippen molar-refractivity contribution >= 4 is 11.8 Å². The number of nitrogens with zero attached hydrogens (tertiary/aromatic N) is 2. The van der Waals surface area contributed by atoms with Crippen molar-refractivity contribution in [3.63, 3.8) is 0 Å². The molecule has 98 valence electrons. The van der Waals surface area contributed by atoms with Gasteiger partial charge in [0.1, 0.15) is 5.82 Å². The van der Waals surface area contributed by atoms with Gasteiger partial charge in [-0.25, -0.2) is 4.98 Å². The van der Waals surface area contributed by atoms with E-state index in [2.05, 4.69) is 9.97 Å². The highest BCUT2D eigenvalue weighted by molar-refractivity contribution is 5.73. The molecule has 1 atom stereocenters. The van der Waals surface area contributed by atoms with Crippen molar-refractivity contribution in [2.75, 3.05) is 24.6 Å². The number of hydrogen-bond donors (Lipinski definition) is 1. The number of piperidine rings is 1. The summed E-state index contributed by atoms with van der Waals surface area (Å²) in [5.41, 5.74) is -0.182. The van der Waals surface area contributed by atoms with Crippen LogP contribution in [0.25, 0.3) is 0 Å². The van der Waals surface area contributed by atoms with Crippen LogP contribution in [0.4, 0.5) is 5.82 Å². The summed E-state index contributed by atoms with van der Waals surface area (Å²) in [6, 6.07) is 1.45. The van der Waals surface area contributed by atoms with E-state index in [1.54, 1.807) is 6.92 Å². The number of H-pyrrole nitrogens is 1. The molecule has 0 spiro atoms. The smallest absolute Gasteiger partial charge is 0.310 e. The minimum Gasteiger partial charge on any atom is -0.466 e. The molecule has 0 aliphatic carbocycles. The molecule has 0 radical (unpaired) electrons.